The van der Waals surface area contributed by atoms with Gasteiger partial charge in [-0.2, -0.15) is 0 Å². The van der Waals surface area contributed by atoms with Crippen molar-refractivity contribution in [3.8, 4) is 0 Å². The van der Waals surface area contributed by atoms with Crippen LogP contribution in [-0.4, -0.2) is 4.98 Å². The maximum atomic E-state index is 6.06. The first kappa shape index (κ1) is 12.9. The van der Waals surface area contributed by atoms with Crippen molar-refractivity contribution in [1.29, 1.82) is 0 Å². The molecule has 2 heteroatoms. The van der Waals surface area contributed by atoms with E-state index in [9.17, 15) is 0 Å². The second kappa shape index (κ2) is 4.60. The van der Waals surface area contributed by atoms with Gasteiger partial charge >= 0.3 is 0 Å². The molecule has 0 unspecified atom stereocenters. The van der Waals surface area contributed by atoms with Crippen LogP contribution in [0.15, 0.2) is 24.3 Å². The van der Waals surface area contributed by atoms with Crippen LogP contribution in [0.1, 0.15) is 45.2 Å². The molecular weight excluding hydrogens is 220 g/mol. The number of anilines is 1. The molecule has 96 valence electrons. The highest BCUT2D eigenvalue weighted by Crippen LogP contribution is 2.29. The lowest BCUT2D eigenvalue weighted by Crippen LogP contribution is -2.15. The zero-order valence-corrected chi connectivity index (χ0v) is 11.7. The Balaban J connectivity index is 2.60. The third-order valence-corrected chi connectivity index (χ3v) is 3.26. The lowest BCUT2D eigenvalue weighted by Gasteiger charge is -2.21. The van der Waals surface area contributed by atoms with Gasteiger partial charge in [-0.3, -0.25) is 0 Å². The van der Waals surface area contributed by atoms with Crippen LogP contribution in [0, 0.1) is 0 Å². The minimum absolute atomic E-state index is 0.0338. The number of nitrogens with zero attached hydrogens (tertiary/aromatic N) is 1. The Kier molecular flexibility index (Phi) is 3.29. The highest BCUT2D eigenvalue weighted by atomic mass is 14.8. The molecule has 0 saturated heterocycles. The molecule has 0 amide bonds. The van der Waals surface area contributed by atoms with Gasteiger partial charge in [0.05, 0.1) is 5.52 Å². The molecule has 0 aliphatic heterocycles. The molecule has 2 nitrogen and oxygen atoms in total. The van der Waals surface area contributed by atoms with E-state index in [2.05, 4.69) is 56.9 Å². The van der Waals surface area contributed by atoms with E-state index >= 15 is 0 Å². The Morgan fingerprint density at radius 1 is 1.17 bits per heavy atom. The van der Waals surface area contributed by atoms with Crippen molar-refractivity contribution in [3.05, 3.63) is 35.4 Å². The molecule has 0 saturated carbocycles. The first-order chi connectivity index (χ1) is 8.41. The summed E-state index contributed by atoms with van der Waals surface area (Å²) in [5.74, 6) is 0.651. The molecule has 1 aromatic carbocycles. The summed E-state index contributed by atoms with van der Waals surface area (Å²) in [7, 11) is 0. The second-order valence-corrected chi connectivity index (χ2v) is 5.95. The molecule has 2 aromatic rings. The number of aromatic nitrogens is 1. The van der Waals surface area contributed by atoms with Crippen molar-refractivity contribution >= 4 is 16.7 Å². The van der Waals surface area contributed by atoms with Gasteiger partial charge in [-0.15, -0.1) is 0 Å². The summed E-state index contributed by atoms with van der Waals surface area (Å²) >= 11 is 0. The molecule has 2 N–H and O–H groups in total. The van der Waals surface area contributed by atoms with Crippen molar-refractivity contribution in [2.24, 2.45) is 0 Å². The van der Waals surface area contributed by atoms with Gasteiger partial charge in [0.2, 0.25) is 0 Å². The van der Waals surface area contributed by atoms with Crippen LogP contribution in [-0.2, 0) is 11.8 Å². The van der Waals surface area contributed by atoms with Crippen LogP contribution in [0.5, 0.6) is 0 Å². The number of aryl methyl sites for hydroxylation is 1. The van der Waals surface area contributed by atoms with Gasteiger partial charge in [0.15, 0.2) is 0 Å². The van der Waals surface area contributed by atoms with Crippen LogP contribution in [0.3, 0.4) is 0 Å². The van der Waals surface area contributed by atoms with Crippen molar-refractivity contribution in [2.75, 3.05) is 5.73 Å². The number of rotatable bonds is 2. The predicted octanol–water partition coefficient (Wildman–Crippen LogP) is 4.07. The zero-order chi connectivity index (χ0) is 13.3. The topological polar surface area (TPSA) is 38.9 Å². The van der Waals surface area contributed by atoms with Crippen LogP contribution < -0.4 is 5.73 Å². The summed E-state index contributed by atoms with van der Waals surface area (Å²) in [6, 6.07) is 8.65. The van der Waals surface area contributed by atoms with Gasteiger partial charge in [0.1, 0.15) is 5.82 Å². The summed E-state index contributed by atoms with van der Waals surface area (Å²) in [5.41, 5.74) is 9.58. The van der Waals surface area contributed by atoms with Gasteiger partial charge in [0.25, 0.3) is 0 Å². The highest BCUT2D eigenvalue weighted by molar-refractivity contribution is 5.82. The Morgan fingerprint density at radius 3 is 2.50 bits per heavy atom. The van der Waals surface area contributed by atoms with Crippen molar-refractivity contribution in [2.45, 2.75) is 46.0 Å². The summed E-state index contributed by atoms with van der Waals surface area (Å²) < 4.78 is 0. The molecule has 0 spiro atoms. The molecule has 2 rings (SSSR count). The van der Waals surface area contributed by atoms with E-state index < -0.39 is 0 Å². The lowest BCUT2D eigenvalue weighted by atomic mass is 9.86. The fraction of sp³-hybridized carbons (Fsp3) is 0.438. The van der Waals surface area contributed by atoms with E-state index in [0.29, 0.717) is 5.82 Å². The Hall–Kier alpha value is -1.57. The minimum atomic E-state index is 0.0338. The fourth-order valence-electron chi connectivity index (χ4n) is 2.29. The summed E-state index contributed by atoms with van der Waals surface area (Å²) in [6.07, 6.45) is 2.28. The highest BCUT2D eigenvalue weighted by Gasteiger charge is 2.18. The largest absolute Gasteiger partial charge is 0.383 e. The van der Waals surface area contributed by atoms with E-state index in [4.69, 9.17) is 5.73 Å². The first-order valence-corrected chi connectivity index (χ1v) is 6.61. The smallest absolute Gasteiger partial charge is 0.127 e. The summed E-state index contributed by atoms with van der Waals surface area (Å²) in [5, 5.41) is 1.19. The zero-order valence-electron chi connectivity index (χ0n) is 11.7. The van der Waals surface area contributed by atoms with E-state index in [1.807, 2.05) is 0 Å². The van der Waals surface area contributed by atoms with Gasteiger partial charge in [-0.05, 0) is 35.6 Å². The molecule has 1 aromatic heterocycles. The second-order valence-electron chi connectivity index (χ2n) is 5.95. The number of nitrogens with two attached hydrogens (primary N) is 1. The van der Waals surface area contributed by atoms with E-state index in [1.54, 1.807) is 0 Å². The minimum Gasteiger partial charge on any atom is -0.383 e. The number of benzene rings is 1. The van der Waals surface area contributed by atoms with Crippen molar-refractivity contribution in [1.82, 2.24) is 4.98 Å². The number of hydrogen-bond acceptors (Lipinski definition) is 2. The SMILES string of the molecule is CCCc1ccc2nc(N)c(C(C)(C)C)cc2c1. The van der Waals surface area contributed by atoms with E-state index in [-0.39, 0.29) is 5.41 Å². The number of hydrogen-bond donors (Lipinski definition) is 1. The number of fused-ring (bicyclic) bond motifs is 1. The Morgan fingerprint density at radius 2 is 1.89 bits per heavy atom. The van der Waals surface area contributed by atoms with Gasteiger partial charge in [-0.1, -0.05) is 40.2 Å². The van der Waals surface area contributed by atoms with Gasteiger partial charge < -0.3 is 5.73 Å². The lowest BCUT2D eigenvalue weighted by molar-refractivity contribution is 0.591. The number of nitrogen functional groups attached to an aromatic ring is 1. The fourth-order valence-corrected chi connectivity index (χ4v) is 2.29. The molecule has 0 atom stereocenters. The van der Waals surface area contributed by atoms with Gasteiger partial charge in [-0.25, -0.2) is 4.98 Å². The molecule has 0 fully saturated rings. The molecule has 1 heterocycles. The summed E-state index contributed by atoms with van der Waals surface area (Å²) in [4.78, 5) is 4.52. The average Bonchev–Trinajstić information content (AvgIpc) is 2.27. The quantitative estimate of drug-likeness (QED) is 0.862. The van der Waals surface area contributed by atoms with Crippen LogP contribution in [0.25, 0.3) is 10.9 Å². The molecular formula is C16H22N2. The summed E-state index contributed by atoms with van der Waals surface area (Å²) in [6.45, 7) is 8.71. The van der Waals surface area contributed by atoms with Crippen molar-refractivity contribution < 1.29 is 0 Å². The van der Waals surface area contributed by atoms with Crippen molar-refractivity contribution in [3.63, 3.8) is 0 Å². The molecule has 0 aliphatic carbocycles. The van der Waals surface area contributed by atoms with E-state index in [0.717, 1.165) is 17.5 Å². The predicted molar refractivity (Wildman–Crippen MR) is 78.9 cm³/mol. The Bertz CT molecular complexity index is 565. The third kappa shape index (κ3) is 2.47. The van der Waals surface area contributed by atoms with Crippen LogP contribution >= 0.6 is 0 Å². The number of pyridine rings is 1. The molecule has 0 bridgehead atoms. The molecule has 0 aliphatic rings. The standard InChI is InChI=1S/C16H22N2/c1-5-6-11-7-8-14-12(9-11)10-13(15(17)18-14)16(2,3)4/h7-10H,5-6H2,1-4H3,(H2,17,18). The Labute approximate surface area is 109 Å². The molecule has 0 radical (unpaired) electrons. The van der Waals surface area contributed by atoms with Crippen LogP contribution in [0.2, 0.25) is 0 Å². The maximum Gasteiger partial charge on any atom is 0.127 e. The van der Waals surface area contributed by atoms with Crippen LogP contribution in [0.4, 0.5) is 5.82 Å². The maximum absolute atomic E-state index is 6.06. The average molecular weight is 242 g/mol. The monoisotopic (exact) mass is 242 g/mol. The first-order valence-electron chi connectivity index (χ1n) is 6.61. The van der Waals surface area contributed by atoms with Gasteiger partial charge in [0, 0.05) is 10.9 Å². The van der Waals surface area contributed by atoms with E-state index in [1.165, 1.54) is 17.4 Å². The molecule has 18 heavy (non-hydrogen) atoms. The normalized spacial score (nSPS) is 12.0. The third-order valence-electron chi connectivity index (χ3n) is 3.26.